The predicted molar refractivity (Wildman–Crippen MR) is 83.2 cm³/mol. The molecule has 0 heterocycles. The van der Waals surface area contributed by atoms with Gasteiger partial charge < -0.3 is 18.4 Å². The molecule has 7 heteroatoms. The minimum Gasteiger partial charge on any atom is -0.854 e. The Labute approximate surface area is 121 Å². The van der Waals surface area contributed by atoms with E-state index in [2.05, 4.69) is 39.3 Å². The highest BCUT2D eigenvalue weighted by molar-refractivity contribution is 6.87. The second kappa shape index (κ2) is 8.06. The summed E-state index contributed by atoms with van der Waals surface area (Å²) in [5, 5.41) is 21.2. The Hall–Kier alpha value is 0.491. The molecule has 0 saturated carbocycles. The predicted octanol–water partition coefficient (Wildman–Crippen LogP) is 1.63. The van der Waals surface area contributed by atoms with Gasteiger partial charge in [0.15, 0.2) is 16.6 Å². The molecule has 0 aliphatic heterocycles. The van der Waals surface area contributed by atoms with Gasteiger partial charge in [0, 0.05) is 0 Å². The number of hydrogen-bond acceptors (Lipinski definition) is 4. The summed E-state index contributed by atoms with van der Waals surface area (Å²) >= 11 is 0. The van der Waals surface area contributed by atoms with Gasteiger partial charge in [0.1, 0.15) is 0 Å². The van der Waals surface area contributed by atoms with Gasteiger partial charge in [0.2, 0.25) is 0 Å². The highest BCUT2D eigenvalue weighted by Crippen LogP contribution is 2.25. The Morgan fingerprint density at radius 3 is 1.26 bits per heavy atom. The van der Waals surface area contributed by atoms with Crippen LogP contribution in [0.1, 0.15) is 12.8 Å². The molecule has 0 radical (unpaired) electrons. The third-order valence-corrected chi connectivity index (χ3v) is 14.4. The van der Waals surface area contributed by atoms with E-state index < -0.39 is 25.2 Å². The molecule has 0 N–H and O–H groups in total. The first-order valence-corrected chi connectivity index (χ1v) is 16.1. The summed E-state index contributed by atoms with van der Waals surface area (Å²) in [6.45, 7) is 12.8. The quantitative estimate of drug-likeness (QED) is 0.573. The Morgan fingerprint density at radius 1 is 0.684 bits per heavy atom. The normalized spacial score (nSPS) is 13.9. The van der Waals surface area contributed by atoms with Crippen molar-refractivity contribution in [3.05, 3.63) is 0 Å². The SMILES string of the molecule is C[Si](C)(CCC[O-])O[Si](C)(C)O[Si](C)(C)CCC[O-]. The van der Waals surface area contributed by atoms with E-state index in [0.29, 0.717) is 12.8 Å². The molecule has 0 atom stereocenters. The molecule has 0 fully saturated rings. The molecule has 0 unspecified atom stereocenters. The lowest BCUT2D eigenvalue weighted by Crippen LogP contribution is -2.52. The van der Waals surface area contributed by atoms with Crippen molar-refractivity contribution in [1.29, 1.82) is 0 Å². The smallest absolute Gasteiger partial charge is 0.311 e. The summed E-state index contributed by atoms with van der Waals surface area (Å²) in [5.74, 6) is 0. The van der Waals surface area contributed by atoms with Gasteiger partial charge >= 0.3 is 8.56 Å². The van der Waals surface area contributed by atoms with Crippen LogP contribution >= 0.6 is 0 Å². The molecule has 0 amide bonds. The summed E-state index contributed by atoms with van der Waals surface area (Å²) in [7, 11) is -5.74. The van der Waals surface area contributed by atoms with Crippen molar-refractivity contribution in [3.63, 3.8) is 0 Å². The fourth-order valence-corrected chi connectivity index (χ4v) is 16.4. The van der Waals surface area contributed by atoms with Gasteiger partial charge in [-0.15, -0.1) is 13.2 Å². The van der Waals surface area contributed by atoms with E-state index in [9.17, 15) is 10.2 Å². The van der Waals surface area contributed by atoms with Gasteiger partial charge in [-0.25, -0.2) is 0 Å². The molecule has 0 aliphatic rings. The van der Waals surface area contributed by atoms with Crippen molar-refractivity contribution in [1.82, 2.24) is 0 Å². The molecule has 0 aromatic rings. The van der Waals surface area contributed by atoms with Crippen molar-refractivity contribution >= 4 is 25.2 Å². The van der Waals surface area contributed by atoms with Crippen LogP contribution in [-0.4, -0.2) is 38.4 Å². The molecule has 0 bridgehead atoms. The van der Waals surface area contributed by atoms with Gasteiger partial charge in [-0.05, 0) is 51.4 Å². The molecule has 4 nitrogen and oxygen atoms in total. The molecule has 0 saturated heterocycles. The van der Waals surface area contributed by atoms with Crippen molar-refractivity contribution in [2.75, 3.05) is 13.2 Å². The van der Waals surface area contributed by atoms with Crippen LogP contribution in [0.3, 0.4) is 0 Å². The van der Waals surface area contributed by atoms with Crippen molar-refractivity contribution < 1.29 is 18.4 Å². The number of rotatable bonds is 10. The van der Waals surface area contributed by atoms with Crippen molar-refractivity contribution in [3.8, 4) is 0 Å². The van der Waals surface area contributed by atoms with Gasteiger partial charge in [0.05, 0.1) is 0 Å². The molecular formula is C12H30O4Si3-2. The molecule has 0 rings (SSSR count). The first kappa shape index (κ1) is 19.5. The monoisotopic (exact) mass is 322 g/mol. The van der Waals surface area contributed by atoms with Crippen molar-refractivity contribution in [2.24, 2.45) is 0 Å². The first-order chi connectivity index (χ1) is 8.54. The Morgan fingerprint density at radius 2 is 1.00 bits per heavy atom. The van der Waals surface area contributed by atoms with Crippen LogP contribution < -0.4 is 10.2 Å². The summed E-state index contributed by atoms with van der Waals surface area (Å²) in [6.07, 6.45) is 1.39. The lowest BCUT2D eigenvalue weighted by molar-refractivity contribution is -0.367. The maximum Gasteiger partial charge on any atom is 0.311 e. The molecule has 19 heavy (non-hydrogen) atoms. The average molecular weight is 323 g/mol. The van der Waals surface area contributed by atoms with Crippen LogP contribution in [0.5, 0.6) is 0 Å². The van der Waals surface area contributed by atoms with Crippen LogP contribution in [0, 0.1) is 0 Å². The van der Waals surface area contributed by atoms with E-state index >= 15 is 0 Å². The Bertz CT molecular complexity index is 233. The molecule has 116 valence electrons. The van der Waals surface area contributed by atoms with Gasteiger partial charge in [-0.1, -0.05) is 12.8 Å². The average Bonchev–Trinajstić information content (AvgIpc) is 2.20. The second-order valence-corrected chi connectivity index (χ2v) is 19.2. The zero-order chi connectivity index (χ0) is 15.2. The van der Waals surface area contributed by atoms with Crippen molar-refractivity contribution in [2.45, 2.75) is 64.2 Å². The van der Waals surface area contributed by atoms with E-state index in [1.807, 2.05) is 0 Å². The lowest BCUT2D eigenvalue weighted by atomic mass is 10.5. The minimum absolute atomic E-state index is 0.0215. The zero-order valence-electron chi connectivity index (χ0n) is 13.4. The maximum absolute atomic E-state index is 10.6. The second-order valence-electron chi connectivity index (χ2n) is 6.74. The summed E-state index contributed by atoms with van der Waals surface area (Å²) in [5.41, 5.74) is 0. The Balaban J connectivity index is 4.44. The molecule has 0 aliphatic carbocycles. The largest absolute Gasteiger partial charge is 0.854 e. The highest BCUT2D eigenvalue weighted by Gasteiger charge is 2.38. The van der Waals surface area contributed by atoms with E-state index in [1.165, 1.54) is 0 Å². The van der Waals surface area contributed by atoms with Crippen LogP contribution in [0.25, 0.3) is 0 Å². The van der Waals surface area contributed by atoms with Crippen LogP contribution in [0.4, 0.5) is 0 Å². The third kappa shape index (κ3) is 9.94. The van der Waals surface area contributed by atoms with Gasteiger partial charge in [-0.3, -0.25) is 0 Å². The number of hydrogen-bond donors (Lipinski definition) is 0. The first-order valence-electron chi connectivity index (χ1n) is 7.10. The standard InChI is InChI=1S/C12H30O4Si3/c1-17(2,11-7-9-13)15-19(5,6)16-18(3,4)12-8-10-14/h7-12H2,1-6H3/q-2. The van der Waals surface area contributed by atoms with E-state index in [1.54, 1.807) is 0 Å². The van der Waals surface area contributed by atoms with Crippen LogP contribution in [0.15, 0.2) is 0 Å². The Kier molecular flexibility index (Phi) is 8.27. The maximum atomic E-state index is 10.6. The summed E-state index contributed by atoms with van der Waals surface area (Å²) < 4.78 is 12.6. The molecule has 0 aromatic heterocycles. The molecular weight excluding hydrogens is 292 g/mol. The molecule has 0 spiro atoms. The minimum atomic E-state index is -2.15. The van der Waals surface area contributed by atoms with E-state index in [4.69, 9.17) is 8.23 Å². The van der Waals surface area contributed by atoms with E-state index in [0.717, 1.165) is 12.1 Å². The van der Waals surface area contributed by atoms with Crippen LogP contribution in [0.2, 0.25) is 51.4 Å². The fourth-order valence-electron chi connectivity index (χ4n) is 2.45. The van der Waals surface area contributed by atoms with Gasteiger partial charge in [-0.2, -0.15) is 0 Å². The summed E-state index contributed by atoms with van der Waals surface area (Å²) in [6, 6.07) is 1.80. The third-order valence-electron chi connectivity index (χ3n) is 2.89. The summed E-state index contributed by atoms with van der Waals surface area (Å²) in [4.78, 5) is 0. The zero-order valence-corrected chi connectivity index (χ0v) is 16.4. The molecule has 0 aromatic carbocycles. The van der Waals surface area contributed by atoms with E-state index in [-0.39, 0.29) is 13.2 Å². The lowest BCUT2D eigenvalue weighted by Gasteiger charge is -2.39. The fraction of sp³-hybridized carbons (Fsp3) is 1.00. The highest BCUT2D eigenvalue weighted by atomic mass is 28.5. The topological polar surface area (TPSA) is 64.6 Å². The van der Waals surface area contributed by atoms with Crippen LogP contribution in [-0.2, 0) is 8.23 Å². The van der Waals surface area contributed by atoms with Gasteiger partial charge in [0.25, 0.3) is 0 Å².